The van der Waals surface area contributed by atoms with E-state index in [1.54, 1.807) is 0 Å². The van der Waals surface area contributed by atoms with Gasteiger partial charge in [-0.05, 0) is 28.8 Å². The summed E-state index contributed by atoms with van der Waals surface area (Å²) in [5.74, 6) is 0. The molecule has 0 aliphatic rings. The zero-order valence-electron chi connectivity index (χ0n) is 9.16. The Morgan fingerprint density at radius 3 is 2.12 bits per heavy atom. The van der Waals surface area contributed by atoms with E-state index in [1.807, 2.05) is 36.4 Å². The summed E-state index contributed by atoms with van der Waals surface area (Å²) in [5, 5.41) is 0. The lowest BCUT2D eigenvalue weighted by molar-refractivity contribution is 1.46. The summed E-state index contributed by atoms with van der Waals surface area (Å²) >= 11 is 7.07. The predicted octanol–water partition coefficient (Wildman–Crippen LogP) is 5.48. The van der Waals surface area contributed by atoms with E-state index in [9.17, 15) is 0 Å². The maximum atomic E-state index is 4.12. The number of hydrogen-bond donors (Lipinski definition) is 0. The molecule has 0 saturated heterocycles. The van der Waals surface area contributed by atoms with Crippen LogP contribution in [0.15, 0.2) is 64.1 Å². The molecule has 0 saturated carbocycles. The minimum Gasteiger partial charge on any atom is -0.0945 e. The first kappa shape index (κ1) is 12.6. The Bertz CT molecular complexity index is 544. The van der Waals surface area contributed by atoms with Crippen LogP contribution in [0, 0.1) is 6.42 Å². The first-order valence-corrected chi connectivity index (χ1v) is 6.80. The fraction of sp³-hybridized carbons (Fsp3) is 0. The van der Waals surface area contributed by atoms with Crippen LogP contribution in [-0.2, 0) is 0 Å². The summed E-state index contributed by atoms with van der Waals surface area (Å²) in [7, 11) is 0. The van der Waals surface area contributed by atoms with Gasteiger partial charge >= 0.3 is 0 Å². The summed E-state index contributed by atoms with van der Waals surface area (Å²) in [5.41, 5.74) is 3.24. The average Bonchev–Trinajstić information content (AvgIpc) is 2.32. The summed E-state index contributed by atoms with van der Waals surface area (Å²) in [6, 6.07) is 16.2. The molecule has 0 aliphatic heterocycles. The number of allylic oxidation sites excluding steroid dienone is 1. The number of benzene rings is 2. The van der Waals surface area contributed by atoms with Gasteiger partial charge in [0.1, 0.15) is 0 Å². The van der Waals surface area contributed by atoms with E-state index in [0.29, 0.717) is 0 Å². The molecule has 1 radical (unpaired) electrons. The van der Waals surface area contributed by atoms with Crippen LogP contribution in [0.4, 0.5) is 0 Å². The normalized spacial score (nSPS) is 10.2. The Morgan fingerprint density at radius 2 is 1.47 bits per heavy atom. The molecule has 0 spiro atoms. The van der Waals surface area contributed by atoms with Crippen molar-refractivity contribution in [2.75, 3.05) is 0 Å². The van der Waals surface area contributed by atoms with Crippen molar-refractivity contribution < 1.29 is 0 Å². The molecule has 0 heterocycles. The topological polar surface area (TPSA) is 0 Å². The molecule has 0 N–H and O–H groups in total. The van der Waals surface area contributed by atoms with Gasteiger partial charge in [0.25, 0.3) is 0 Å². The van der Waals surface area contributed by atoms with Crippen molar-refractivity contribution >= 4 is 37.4 Å². The van der Waals surface area contributed by atoms with Crippen molar-refractivity contribution in [1.82, 2.24) is 0 Å². The highest BCUT2D eigenvalue weighted by Crippen LogP contribution is 2.29. The molecule has 2 heteroatoms. The molecule has 0 fully saturated rings. The van der Waals surface area contributed by atoms with Crippen LogP contribution < -0.4 is 0 Å². The summed E-state index contributed by atoms with van der Waals surface area (Å²) in [6.07, 6.45) is 2.07. The summed E-state index contributed by atoms with van der Waals surface area (Å²) in [4.78, 5) is 0. The molecule has 17 heavy (non-hydrogen) atoms. The van der Waals surface area contributed by atoms with Gasteiger partial charge in [-0.2, -0.15) is 0 Å². The third-order valence-corrected chi connectivity index (χ3v) is 3.87. The Kier molecular flexibility index (Phi) is 4.19. The van der Waals surface area contributed by atoms with Crippen LogP contribution in [0.2, 0.25) is 0 Å². The van der Waals surface area contributed by atoms with Gasteiger partial charge in [0, 0.05) is 15.4 Å². The highest BCUT2D eigenvalue weighted by molar-refractivity contribution is 9.10. The molecule has 2 rings (SSSR count). The monoisotopic (exact) mass is 349 g/mol. The van der Waals surface area contributed by atoms with Crippen LogP contribution in [0.5, 0.6) is 0 Å². The molecule has 0 unspecified atom stereocenters. The molecule has 0 aliphatic carbocycles. The largest absolute Gasteiger partial charge is 0.0945 e. The van der Waals surface area contributed by atoms with Crippen LogP contribution in [-0.4, -0.2) is 0 Å². The van der Waals surface area contributed by atoms with E-state index in [1.165, 1.54) is 0 Å². The van der Waals surface area contributed by atoms with Crippen LogP contribution in [0.1, 0.15) is 11.1 Å². The summed E-state index contributed by atoms with van der Waals surface area (Å²) < 4.78 is 2.14. The van der Waals surface area contributed by atoms with Crippen molar-refractivity contribution in [2.24, 2.45) is 0 Å². The molecule has 2 aromatic carbocycles. The highest BCUT2D eigenvalue weighted by atomic mass is 79.9. The second-order valence-corrected chi connectivity index (χ2v) is 5.38. The lowest BCUT2D eigenvalue weighted by atomic mass is 10.00. The van der Waals surface area contributed by atoms with Crippen LogP contribution >= 0.6 is 31.9 Å². The van der Waals surface area contributed by atoms with Crippen molar-refractivity contribution in [3.05, 3.63) is 81.6 Å². The van der Waals surface area contributed by atoms with E-state index in [4.69, 9.17) is 0 Å². The molecule has 0 amide bonds. The van der Waals surface area contributed by atoms with Crippen molar-refractivity contribution in [1.29, 1.82) is 0 Å². The number of halogens is 2. The molecule has 0 aromatic heterocycles. The van der Waals surface area contributed by atoms with E-state index < -0.39 is 0 Å². The molecule has 0 nitrogen and oxygen atoms in total. The smallest absolute Gasteiger partial charge is 0.0250 e. The minimum atomic E-state index is 0.990. The van der Waals surface area contributed by atoms with Crippen molar-refractivity contribution in [3.63, 3.8) is 0 Å². The third-order valence-electron chi connectivity index (χ3n) is 2.45. The molecule has 0 bridgehead atoms. The second-order valence-electron chi connectivity index (χ2n) is 3.67. The Balaban J connectivity index is 2.24. The van der Waals surface area contributed by atoms with Gasteiger partial charge in [-0.25, -0.2) is 0 Å². The summed E-state index contributed by atoms with van der Waals surface area (Å²) in [6.45, 7) is 4.12. The Labute approximate surface area is 119 Å². The third kappa shape index (κ3) is 3.08. The average molecular weight is 351 g/mol. The lowest BCUT2D eigenvalue weighted by Crippen LogP contribution is -1.89. The van der Waals surface area contributed by atoms with Gasteiger partial charge in [0.15, 0.2) is 0 Å². The number of rotatable bonds is 3. The second kappa shape index (κ2) is 5.65. The van der Waals surface area contributed by atoms with Crippen molar-refractivity contribution in [2.45, 2.75) is 0 Å². The minimum absolute atomic E-state index is 0.990. The van der Waals surface area contributed by atoms with Crippen LogP contribution in [0.3, 0.4) is 0 Å². The quantitative estimate of drug-likeness (QED) is 0.687. The van der Waals surface area contributed by atoms with E-state index >= 15 is 0 Å². The van der Waals surface area contributed by atoms with Gasteiger partial charge in [-0.3, -0.25) is 0 Å². The standard InChI is InChI=1S/C15H11Br2/c1-11(13-7-3-5-9-15(13)17)10-12-6-2-4-8-14(12)16/h2-10H,1H2. The van der Waals surface area contributed by atoms with Gasteiger partial charge < -0.3 is 0 Å². The zero-order valence-corrected chi connectivity index (χ0v) is 12.3. The number of hydrogen-bond acceptors (Lipinski definition) is 0. The Hall–Kier alpha value is -0.860. The van der Waals surface area contributed by atoms with Gasteiger partial charge in [-0.1, -0.05) is 74.8 Å². The SMILES string of the molecule is C=C([CH]c1ccccc1Br)c1ccccc1Br. The molecule has 0 atom stereocenters. The molecule has 85 valence electrons. The zero-order chi connectivity index (χ0) is 12.3. The van der Waals surface area contributed by atoms with Gasteiger partial charge in [-0.15, -0.1) is 0 Å². The maximum Gasteiger partial charge on any atom is 0.0250 e. The predicted molar refractivity (Wildman–Crippen MR) is 80.7 cm³/mol. The first-order valence-electron chi connectivity index (χ1n) is 5.21. The van der Waals surface area contributed by atoms with E-state index in [0.717, 1.165) is 25.6 Å². The molecular weight excluding hydrogens is 340 g/mol. The molecule has 2 aromatic rings. The van der Waals surface area contributed by atoms with Gasteiger partial charge in [0.2, 0.25) is 0 Å². The maximum absolute atomic E-state index is 4.12. The lowest BCUT2D eigenvalue weighted by Gasteiger charge is -2.09. The van der Waals surface area contributed by atoms with Gasteiger partial charge in [0.05, 0.1) is 0 Å². The van der Waals surface area contributed by atoms with Crippen molar-refractivity contribution in [3.8, 4) is 0 Å². The molecular formula is C15H11Br2. The van der Waals surface area contributed by atoms with E-state index in [-0.39, 0.29) is 0 Å². The fourth-order valence-electron chi connectivity index (χ4n) is 1.58. The fourth-order valence-corrected chi connectivity index (χ4v) is 2.52. The van der Waals surface area contributed by atoms with Crippen LogP contribution in [0.25, 0.3) is 5.57 Å². The highest BCUT2D eigenvalue weighted by Gasteiger charge is 2.06. The first-order chi connectivity index (χ1) is 8.18. The Morgan fingerprint density at radius 1 is 0.882 bits per heavy atom. The van der Waals surface area contributed by atoms with E-state index in [2.05, 4.69) is 57.0 Å².